The van der Waals surface area contributed by atoms with Crippen molar-refractivity contribution in [3.8, 4) is 0 Å². The highest BCUT2D eigenvalue weighted by atomic mass is 32.2. The van der Waals surface area contributed by atoms with Gasteiger partial charge in [-0.15, -0.1) is 11.3 Å². The minimum absolute atomic E-state index is 0.182. The molecule has 1 saturated carbocycles. The minimum Gasteiger partial charge on any atom is -0.469 e. The number of anilines is 1. The van der Waals surface area contributed by atoms with E-state index in [0.717, 1.165) is 17.4 Å². The van der Waals surface area contributed by atoms with Crippen LogP contribution in [-0.4, -0.2) is 35.6 Å². The molecule has 0 radical (unpaired) electrons. The smallest absolute Gasteiger partial charge is 0.305 e. The molecule has 0 spiro atoms. The van der Waals surface area contributed by atoms with Gasteiger partial charge in [0.05, 0.1) is 19.2 Å². The number of hydrogen-bond acceptors (Lipinski definition) is 6. The lowest BCUT2D eigenvalue weighted by Gasteiger charge is -2.40. The largest absolute Gasteiger partial charge is 0.469 e. The van der Waals surface area contributed by atoms with Gasteiger partial charge in [0.1, 0.15) is 0 Å². The number of methoxy groups -OCH3 is 1. The Morgan fingerprint density at radius 2 is 2.42 bits per heavy atom. The van der Waals surface area contributed by atoms with Gasteiger partial charge in [0.15, 0.2) is 5.13 Å². The van der Waals surface area contributed by atoms with Crippen LogP contribution in [0.4, 0.5) is 5.13 Å². The summed E-state index contributed by atoms with van der Waals surface area (Å²) < 4.78 is 5.04. The van der Waals surface area contributed by atoms with E-state index in [9.17, 15) is 4.79 Å². The molecule has 19 heavy (non-hydrogen) atoms. The number of carbonyl (C=O) groups is 1. The summed E-state index contributed by atoms with van der Waals surface area (Å²) in [6.45, 7) is 0.984. The van der Waals surface area contributed by atoms with E-state index in [1.807, 2.05) is 17.1 Å². The molecule has 1 fully saturated rings. The number of rotatable bonds is 7. The molecule has 1 aromatic rings. The van der Waals surface area contributed by atoms with Crippen LogP contribution in [0.15, 0.2) is 5.38 Å². The second-order valence-electron chi connectivity index (χ2n) is 4.81. The lowest BCUT2D eigenvalue weighted by molar-refractivity contribution is -0.140. The van der Waals surface area contributed by atoms with Crippen molar-refractivity contribution in [2.45, 2.75) is 36.9 Å². The van der Waals surface area contributed by atoms with Gasteiger partial charge in [0, 0.05) is 23.1 Å². The van der Waals surface area contributed by atoms with Crippen LogP contribution in [-0.2, 0) is 16.0 Å². The maximum Gasteiger partial charge on any atom is 0.305 e. The third-order valence-electron chi connectivity index (χ3n) is 3.62. The molecule has 1 N–H and O–H groups in total. The molecule has 1 aliphatic carbocycles. The van der Waals surface area contributed by atoms with Crippen LogP contribution in [0, 0.1) is 0 Å². The summed E-state index contributed by atoms with van der Waals surface area (Å²) in [5.41, 5.74) is 0.963. The Balaban J connectivity index is 1.79. The van der Waals surface area contributed by atoms with Crippen LogP contribution >= 0.6 is 23.1 Å². The normalized spacial score (nSPS) is 16.7. The molecule has 1 heterocycles. The zero-order valence-electron chi connectivity index (χ0n) is 11.4. The van der Waals surface area contributed by atoms with Gasteiger partial charge < -0.3 is 10.1 Å². The molecule has 106 valence electrons. The summed E-state index contributed by atoms with van der Waals surface area (Å²) >= 11 is 3.57. The Hall–Kier alpha value is -0.750. The van der Waals surface area contributed by atoms with Crippen molar-refractivity contribution in [3.63, 3.8) is 0 Å². The molecule has 2 rings (SSSR count). The first-order valence-corrected chi connectivity index (χ1v) is 8.58. The first-order chi connectivity index (χ1) is 9.17. The predicted molar refractivity (Wildman–Crippen MR) is 81.0 cm³/mol. The molecule has 0 bridgehead atoms. The van der Waals surface area contributed by atoms with E-state index in [1.165, 1.54) is 26.4 Å². The van der Waals surface area contributed by atoms with E-state index in [-0.39, 0.29) is 5.97 Å². The molecule has 0 unspecified atom stereocenters. The van der Waals surface area contributed by atoms with E-state index in [2.05, 4.69) is 21.3 Å². The van der Waals surface area contributed by atoms with E-state index in [4.69, 9.17) is 0 Å². The quantitative estimate of drug-likeness (QED) is 0.785. The van der Waals surface area contributed by atoms with Gasteiger partial charge in [-0.3, -0.25) is 4.79 Å². The van der Waals surface area contributed by atoms with Crippen molar-refractivity contribution in [3.05, 3.63) is 11.1 Å². The Morgan fingerprint density at radius 3 is 3.00 bits per heavy atom. The first-order valence-electron chi connectivity index (χ1n) is 6.48. The van der Waals surface area contributed by atoms with Gasteiger partial charge in [0.25, 0.3) is 0 Å². The number of aryl methyl sites for hydroxylation is 1. The topological polar surface area (TPSA) is 51.2 Å². The zero-order chi connectivity index (χ0) is 13.7. The molecule has 1 aromatic heterocycles. The molecule has 6 heteroatoms. The summed E-state index contributed by atoms with van der Waals surface area (Å²) in [6, 6.07) is 0. The van der Waals surface area contributed by atoms with Crippen LogP contribution in [0.25, 0.3) is 0 Å². The average Bonchev–Trinajstić information content (AvgIpc) is 2.83. The third-order valence-corrected chi connectivity index (χ3v) is 5.89. The number of hydrogen-bond donors (Lipinski definition) is 1. The number of ether oxygens (including phenoxy) is 1. The van der Waals surface area contributed by atoms with Gasteiger partial charge in [-0.1, -0.05) is 6.42 Å². The van der Waals surface area contributed by atoms with E-state index >= 15 is 0 Å². The van der Waals surface area contributed by atoms with Crippen LogP contribution in [0.3, 0.4) is 0 Å². The van der Waals surface area contributed by atoms with Crippen molar-refractivity contribution in [1.82, 2.24) is 4.98 Å². The molecule has 0 amide bonds. The highest BCUT2D eigenvalue weighted by Gasteiger charge is 2.35. The third kappa shape index (κ3) is 3.86. The molecule has 1 aliphatic rings. The van der Waals surface area contributed by atoms with Crippen molar-refractivity contribution in [2.75, 3.05) is 25.2 Å². The van der Waals surface area contributed by atoms with Crippen LogP contribution < -0.4 is 5.32 Å². The molecule has 0 atom stereocenters. The summed E-state index contributed by atoms with van der Waals surface area (Å²) in [5, 5.41) is 6.40. The molecule has 0 saturated heterocycles. The zero-order valence-corrected chi connectivity index (χ0v) is 13.0. The predicted octanol–water partition coefficient (Wildman–Crippen LogP) is 2.95. The van der Waals surface area contributed by atoms with Gasteiger partial charge in [-0.05, 0) is 19.1 Å². The lowest BCUT2D eigenvalue weighted by Crippen LogP contribution is -2.40. The fourth-order valence-corrected chi connectivity index (χ4v) is 3.75. The fraction of sp³-hybridized carbons (Fsp3) is 0.692. The maximum atomic E-state index is 11.1. The van der Waals surface area contributed by atoms with Crippen molar-refractivity contribution in [2.24, 2.45) is 0 Å². The number of thioether (sulfide) groups is 1. The van der Waals surface area contributed by atoms with Gasteiger partial charge in [-0.25, -0.2) is 4.98 Å². The SMILES string of the molecule is COC(=O)CCc1csc(NCC2(SC)CCC2)n1. The van der Waals surface area contributed by atoms with Crippen molar-refractivity contribution < 1.29 is 9.53 Å². The van der Waals surface area contributed by atoms with Gasteiger partial charge in [-0.2, -0.15) is 11.8 Å². The highest BCUT2D eigenvalue weighted by Crippen LogP contribution is 2.42. The average molecular weight is 300 g/mol. The Morgan fingerprint density at radius 1 is 1.63 bits per heavy atom. The number of aromatic nitrogens is 1. The standard InChI is InChI=1S/C13H20N2O2S2/c1-17-11(16)5-4-10-8-19-12(15-10)14-9-13(18-2)6-3-7-13/h8H,3-7,9H2,1-2H3,(H,14,15). The number of thiazole rings is 1. The molecular weight excluding hydrogens is 280 g/mol. The van der Waals surface area contributed by atoms with E-state index < -0.39 is 0 Å². The second-order valence-corrected chi connectivity index (χ2v) is 6.95. The summed E-state index contributed by atoms with van der Waals surface area (Å²) in [4.78, 5) is 15.6. The molecule has 4 nitrogen and oxygen atoms in total. The van der Waals surface area contributed by atoms with E-state index in [0.29, 0.717) is 17.6 Å². The number of carbonyl (C=O) groups excluding carboxylic acids is 1. The number of nitrogens with zero attached hydrogens (tertiary/aromatic N) is 1. The first kappa shape index (κ1) is 14.7. The lowest BCUT2D eigenvalue weighted by atomic mass is 9.84. The van der Waals surface area contributed by atoms with Crippen LogP contribution in [0.2, 0.25) is 0 Å². The highest BCUT2D eigenvalue weighted by molar-refractivity contribution is 8.00. The number of esters is 1. The van der Waals surface area contributed by atoms with Crippen molar-refractivity contribution >= 4 is 34.2 Å². The second kappa shape index (κ2) is 6.61. The van der Waals surface area contributed by atoms with Gasteiger partial charge in [0.2, 0.25) is 0 Å². The Kier molecular flexibility index (Phi) is 5.10. The summed E-state index contributed by atoms with van der Waals surface area (Å²) in [6.07, 6.45) is 7.16. The Bertz CT molecular complexity index is 425. The van der Waals surface area contributed by atoms with Crippen LogP contribution in [0.5, 0.6) is 0 Å². The molecule has 0 aromatic carbocycles. The summed E-state index contributed by atoms with van der Waals surface area (Å²) in [5.74, 6) is -0.182. The molecule has 0 aliphatic heterocycles. The maximum absolute atomic E-state index is 11.1. The van der Waals surface area contributed by atoms with Gasteiger partial charge >= 0.3 is 5.97 Å². The summed E-state index contributed by atoms with van der Waals surface area (Å²) in [7, 11) is 1.41. The minimum atomic E-state index is -0.182. The van der Waals surface area contributed by atoms with Crippen molar-refractivity contribution in [1.29, 1.82) is 0 Å². The Labute approximate surface area is 122 Å². The monoisotopic (exact) mass is 300 g/mol. The fourth-order valence-electron chi connectivity index (χ4n) is 2.10. The number of nitrogens with one attached hydrogen (secondary N) is 1. The van der Waals surface area contributed by atoms with E-state index in [1.54, 1.807) is 11.3 Å². The molecular formula is C13H20N2O2S2. The van der Waals surface area contributed by atoms with Crippen LogP contribution in [0.1, 0.15) is 31.4 Å².